The van der Waals surface area contributed by atoms with E-state index >= 15 is 0 Å². The third-order valence-electron chi connectivity index (χ3n) is 5.36. The first kappa shape index (κ1) is 12.5. The van der Waals surface area contributed by atoms with Crippen LogP contribution in [0.15, 0.2) is 16.5 Å². The van der Waals surface area contributed by atoms with Crippen LogP contribution in [-0.2, 0) is 0 Å². The number of piperidine rings is 1. The summed E-state index contributed by atoms with van der Waals surface area (Å²) in [5, 5.41) is 0. The normalized spacial score (nSPS) is 33.2. The highest BCUT2D eigenvalue weighted by molar-refractivity contribution is 5.91. The lowest BCUT2D eigenvalue weighted by Gasteiger charge is -2.33. The number of hydrogen-bond acceptors (Lipinski definition) is 3. The lowest BCUT2D eigenvalue weighted by molar-refractivity contribution is 0.0721. The Morgan fingerprint density at radius 3 is 2.95 bits per heavy atom. The first-order chi connectivity index (χ1) is 9.72. The zero-order valence-electron chi connectivity index (χ0n) is 12.0. The Morgan fingerprint density at radius 2 is 2.15 bits per heavy atom. The average Bonchev–Trinajstić information content (AvgIpc) is 3.11. The molecular formula is C16H22N2O2. The summed E-state index contributed by atoms with van der Waals surface area (Å²) < 4.78 is 5.48. The van der Waals surface area contributed by atoms with Crippen LogP contribution in [0.2, 0.25) is 0 Å². The van der Waals surface area contributed by atoms with Gasteiger partial charge >= 0.3 is 0 Å². The highest BCUT2D eigenvalue weighted by Crippen LogP contribution is 2.40. The Kier molecular flexibility index (Phi) is 2.88. The van der Waals surface area contributed by atoms with Crippen molar-refractivity contribution in [3.8, 4) is 0 Å². The molecule has 4 heterocycles. The minimum Gasteiger partial charge on any atom is -0.456 e. The van der Waals surface area contributed by atoms with Crippen molar-refractivity contribution in [2.45, 2.75) is 32.2 Å². The van der Waals surface area contributed by atoms with Crippen LogP contribution >= 0.6 is 0 Å². The number of furan rings is 1. The second-order valence-corrected chi connectivity index (χ2v) is 6.60. The number of aryl methyl sites for hydroxylation is 1. The molecule has 4 heteroatoms. The van der Waals surface area contributed by atoms with E-state index in [0.29, 0.717) is 17.6 Å². The van der Waals surface area contributed by atoms with Crippen LogP contribution in [0.5, 0.6) is 0 Å². The van der Waals surface area contributed by atoms with Crippen molar-refractivity contribution >= 4 is 5.91 Å². The minimum absolute atomic E-state index is 0.0786. The van der Waals surface area contributed by atoms with E-state index in [-0.39, 0.29) is 5.91 Å². The Bertz CT molecular complexity index is 524. The van der Waals surface area contributed by atoms with E-state index < -0.39 is 0 Å². The van der Waals surface area contributed by atoms with Crippen LogP contribution in [0.1, 0.15) is 35.6 Å². The van der Waals surface area contributed by atoms with E-state index in [2.05, 4.69) is 4.90 Å². The second-order valence-electron chi connectivity index (χ2n) is 6.60. The van der Waals surface area contributed by atoms with Gasteiger partial charge in [-0.1, -0.05) is 6.42 Å². The summed E-state index contributed by atoms with van der Waals surface area (Å²) in [6.45, 7) is 6.18. The maximum absolute atomic E-state index is 12.5. The van der Waals surface area contributed by atoms with Gasteiger partial charge in [0.15, 0.2) is 5.76 Å². The third kappa shape index (κ3) is 1.89. The molecule has 4 nitrogen and oxygen atoms in total. The zero-order valence-corrected chi connectivity index (χ0v) is 12.0. The van der Waals surface area contributed by atoms with Gasteiger partial charge in [0.25, 0.3) is 5.91 Å². The highest BCUT2D eigenvalue weighted by atomic mass is 16.3. The van der Waals surface area contributed by atoms with Gasteiger partial charge in [-0.15, -0.1) is 0 Å². The molecule has 0 N–H and O–H groups in total. The Morgan fingerprint density at radius 1 is 1.25 bits per heavy atom. The first-order valence-electron chi connectivity index (χ1n) is 7.82. The molecule has 0 saturated carbocycles. The van der Waals surface area contributed by atoms with Gasteiger partial charge in [0, 0.05) is 25.7 Å². The Balaban J connectivity index is 1.48. The van der Waals surface area contributed by atoms with Gasteiger partial charge in [0.1, 0.15) is 5.76 Å². The fourth-order valence-electron chi connectivity index (χ4n) is 4.43. The number of likely N-dealkylation sites (tertiary alicyclic amines) is 1. The number of nitrogens with zero attached hydrogens (tertiary/aromatic N) is 2. The molecule has 0 spiro atoms. The summed E-state index contributed by atoms with van der Waals surface area (Å²) in [5.41, 5.74) is 0. The largest absolute Gasteiger partial charge is 0.456 e. The standard InChI is InChI=1S/C16H22N2O2/c1-11-5-6-15(20-11)16(19)18-9-12-8-17-7-3-2-4-14(17)13(12)10-18/h5-6,12-14H,2-4,7-10H2,1H3/t12-,13+,14+/m0/s1. The fraction of sp³-hybridized carbons (Fsp3) is 0.688. The molecule has 4 rings (SSSR count). The average molecular weight is 274 g/mol. The van der Waals surface area contributed by atoms with Gasteiger partial charge in [-0.2, -0.15) is 0 Å². The predicted molar refractivity (Wildman–Crippen MR) is 75.5 cm³/mol. The van der Waals surface area contributed by atoms with E-state index in [1.54, 1.807) is 6.07 Å². The van der Waals surface area contributed by atoms with Crippen LogP contribution in [0.3, 0.4) is 0 Å². The molecule has 108 valence electrons. The quantitative estimate of drug-likeness (QED) is 0.787. The summed E-state index contributed by atoms with van der Waals surface area (Å²) >= 11 is 0. The van der Waals surface area contributed by atoms with Crippen LogP contribution in [0.25, 0.3) is 0 Å². The summed E-state index contributed by atoms with van der Waals surface area (Å²) in [7, 11) is 0. The maximum atomic E-state index is 12.5. The molecule has 1 amide bonds. The van der Waals surface area contributed by atoms with Crippen LogP contribution < -0.4 is 0 Å². The van der Waals surface area contributed by atoms with Crippen molar-refractivity contribution in [2.24, 2.45) is 11.8 Å². The molecule has 0 bridgehead atoms. The van der Waals surface area contributed by atoms with Crippen LogP contribution in [-0.4, -0.2) is 47.9 Å². The smallest absolute Gasteiger partial charge is 0.289 e. The number of carbonyl (C=O) groups is 1. The lowest BCUT2D eigenvalue weighted by atomic mass is 9.90. The number of hydrogen-bond donors (Lipinski definition) is 0. The van der Waals surface area contributed by atoms with Crippen molar-refractivity contribution < 1.29 is 9.21 Å². The fourth-order valence-corrected chi connectivity index (χ4v) is 4.43. The third-order valence-corrected chi connectivity index (χ3v) is 5.36. The molecule has 0 aromatic carbocycles. The van der Waals surface area contributed by atoms with E-state index in [4.69, 9.17) is 4.42 Å². The van der Waals surface area contributed by atoms with Gasteiger partial charge < -0.3 is 9.32 Å². The second kappa shape index (κ2) is 4.62. The Labute approximate surface area is 119 Å². The number of amides is 1. The molecule has 0 unspecified atom stereocenters. The first-order valence-corrected chi connectivity index (χ1v) is 7.82. The summed E-state index contributed by atoms with van der Waals surface area (Å²) in [4.78, 5) is 17.1. The SMILES string of the molecule is Cc1ccc(C(=O)N2C[C@@H]3CN4CCCC[C@@H]4[C@@H]3C2)o1. The van der Waals surface area contributed by atoms with Crippen molar-refractivity contribution in [1.82, 2.24) is 9.80 Å². The molecule has 1 aromatic heterocycles. The van der Waals surface area contributed by atoms with Crippen LogP contribution in [0, 0.1) is 18.8 Å². The minimum atomic E-state index is 0.0786. The molecule has 3 atom stereocenters. The van der Waals surface area contributed by atoms with Gasteiger partial charge in [-0.25, -0.2) is 0 Å². The van der Waals surface area contributed by atoms with Crippen LogP contribution in [0.4, 0.5) is 0 Å². The Hall–Kier alpha value is -1.29. The molecule has 0 radical (unpaired) electrons. The number of fused-ring (bicyclic) bond motifs is 3. The van der Waals surface area contributed by atoms with Gasteiger partial charge in [0.2, 0.25) is 0 Å². The van der Waals surface area contributed by atoms with E-state index in [0.717, 1.165) is 24.9 Å². The molecule has 20 heavy (non-hydrogen) atoms. The molecule has 3 fully saturated rings. The topological polar surface area (TPSA) is 36.7 Å². The molecular weight excluding hydrogens is 252 g/mol. The molecule has 3 aliphatic rings. The molecule has 1 aromatic rings. The summed E-state index contributed by atoms with van der Waals surface area (Å²) in [5.74, 6) is 2.76. The monoisotopic (exact) mass is 274 g/mol. The van der Waals surface area contributed by atoms with Crippen molar-refractivity contribution in [3.63, 3.8) is 0 Å². The van der Waals surface area contributed by atoms with Gasteiger partial charge in [-0.3, -0.25) is 9.69 Å². The number of carbonyl (C=O) groups excluding carboxylic acids is 1. The number of rotatable bonds is 1. The maximum Gasteiger partial charge on any atom is 0.289 e. The molecule has 3 aliphatic heterocycles. The molecule has 3 saturated heterocycles. The summed E-state index contributed by atoms with van der Waals surface area (Å²) in [6.07, 6.45) is 4.03. The predicted octanol–water partition coefficient (Wildman–Crippen LogP) is 2.14. The van der Waals surface area contributed by atoms with E-state index in [1.165, 1.54) is 32.4 Å². The zero-order chi connectivity index (χ0) is 13.7. The van der Waals surface area contributed by atoms with Gasteiger partial charge in [-0.05, 0) is 50.3 Å². The van der Waals surface area contributed by atoms with Crippen molar-refractivity contribution in [2.75, 3.05) is 26.2 Å². The van der Waals surface area contributed by atoms with E-state index in [1.807, 2.05) is 17.9 Å². The summed E-state index contributed by atoms with van der Waals surface area (Å²) in [6, 6.07) is 4.40. The van der Waals surface area contributed by atoms with Gasteiger partial charge in [0.05, 0.1) is 0 Å². The lowest BCUT2D eigenvalue weighted by Crippen LogP contribution is -2.40. The highest BCUT2D eigenvalue weighted by Gasteiger charge is 2.48. The van der Waals surface area contributed by atoms with Crippen molar-refractivity contribution in [1.29, 1.82) is 0 Å². The molecule has 0 aliphatic carbocycles. The van der Waals surface area contributed by atoms with E-state index in [9.17, 15) is 4.79 Å². The van der Waals surface area contributed by atoms with Crippen molar-refractivity contribution in [3.05, 3.63) is 23.7 Å².